The number of aromatic nitrogens is 4. The summed E-state index contributed by atoms with van der Waals surface area (Å²) in [7, 11) is 0. The Labute approximate surface area is 199 Å². The number of hydrogen-bond donors (Lipinski definition) is 0. The van der Waals surface area contributed by atoms with Crippen LogP contribution in [-0.4, -0.2) is 25.4 Å². The third-order valence-corrected chi connectivity index (χ3v) is 7.36. The van der Waals surface area contributed by atoms with E-state index in [9.17, 15) is 4.79 Å². The number of Topliss-reactive ketones (excluding diaryl/α,β-unsaturated/α-hetero) is 1. The minimum absolute atomic E-state index is 0.123. The number of rotatable bonds is 5. The van der Waals surface area contributed by atoms with E-state index in [-0.39, 0.29) is 11.7 Å². The molecule has 162 valence electrons. The summed E-state index contributed by atoms with van der Waals surface area (Å²) in [5, 5.41) is 5.20. The molecule has 1 aliphatic carbocycles. The van der Waals surface area contributed by atoms with Crippen LogP contribution in [0.5, 0.6) is 0 Å². The van der Waals surface area contributed by atoms with Crippen molar-refractivity contribution in [1.29, 1.82) is 0 Å². The van der Waals surface area contributed by atoms with E-state index in [0.29, 0.717) is 28.8 Å². The van der Waals surface area contributed by atoms with Crippen LogP contribution in [0.25, 0.3) is 5.78 Å². The standard InChI is InChI=1S/C25H23BrN4OS/c1-15(2)17-5-7-18(8-6-17)19-11-22-21(23(31)12-19)13-30-24(27-22)28-25(29-30)32-14-16-3-9-20(26)10-4-16/h3-10,13,15,19H,11-12,14H2,1-2H3. The molecule has 7 heteroatoms. The van der Waals surface area contributed by atoms with Crippen molar-refractivity contribution < 1.29 is 4.79 Å². The number of ketones is 1. The highest BCUT2D eigenvalue weighted by molar-refractivity contribution is 9.10. The van der Waals surface area contributed by atoms with Crippen LogP contribution in [0.3, 0.4) is 0 Å². The normalized spacial score (nSPS) is 16.0. The summed E-state index contributed by atoms with van der Waals surface area (Å²) in [5.41, 5.74) is 5.20. The fraction of sp³-hybridized carbons (Fsp3) is 0.280. The van der Waals surface area contributed by atoms with Crippen molar-refractivity contribution in [2.24, 2.45) is 0 Å². The van der Waals surface area contributed by atoms with Gasteiger partial charge < -0.3 is 0 Å². The smallest absolute Gasteiger partial charge is 0.253 e. The van der Waals surface area contributed by atoms with E-state index in [1.807, 2.05) is 12.1 Å². The Morgan fingerprint density at radius 2 is 1.81 bits per heavy atom. The van der Waals surface area contributed by atoms with E-state index in [4.69, 9.17) is 4.98 Å². The first-order chi connectivity index (χ1) is 15.5. The van der Waals surface area contributed by atoms with E-state index in [0.717, 1.165) is 22.3 Å². The van der Waals surface area contributed by atoms with Gasteiger partial charge in [0.1, 0.15) is 0 Å². The van der Waals surface area contributed by atoms with Crippen molar-refractivity contribution in [3.63, 3.8) is 0 Å². The van der Waals surface area contributed by atoms with Gasteiger partial charge in [-0.15, -0.1) is 5.10 Å². The second-order valence-corrected chi connectivity index (χ2v) is 10.4. The molecule has 4 aromatic rings. The number of fused-ring (bicyclic) bond motifs is 2. The molecule has 1 unspecified atom stereocenters. The van der Waals surface area contributed by atoms with Crippen molar-refractivity contribution in [1.82, 2.24) is 19.6 Å². The number of thioether (sulfide) groups is 1. The van der Waals surface area contributed by atoms with Gasteiger partial charge in [-0.25, -0.2) is 9.50 Å². The molecule has 2 heterocycles. The maximum absolute atomic E-state index is 12.9. The van der Waals surface area contributed by atoms with Gasteiger partial charge in [-0.05, 0) is 47.1 Å². The molecule has 0 spiro atoms. The second-order valence-electron chi connectivity index (χ2n) is 8.51. The number of hydrogen-bond acceptors (Lipinski definition) is 5. The van der Waals surface area contributed by atoms with Crippen molar-refractivity contribution in [2.75, 3.05) is 0 Å². The molecule has 0 bridgehead atoms. The molecule has 0 saturated heterocycles. The summed E-state index contributed by atoms with van der Waals surface area (Å²) >= 11 is 5.03. The Kier molecular flexibility index (Phi) is 5.86. The van der Waals surface area contributed by atoms with Gasteiger partial charge in [0.25, 0.3) is 5.78 Å². The van der Waals surface area contributed by atoms with E-state index in [2.05, 4.69) is 76.3 Å². The Balaban J connectivity index is 1.37. The first kappa shape index (κ1) is 21.3. The predicted molar refractivity (Wildman–Crippen MR) is 130 cm³/mol. The third-order valence-electron chi connectivity index (χ3n) is 5.92. The van der Waals surface area contributed by atoms with E-state index in [1.165, 1.54) is 16.7 Å². The fourth-order valence-electron chi connectivity index (χ4n) is 4.04. The Morgan fingerprint density at radius 3 is 2.53 bits per heavy atom. The molecule has 1 aliphatic rings. The maximum atomic E-state index is 12.9. The topological polar surface area (TPSA) is 60.2 Å². The molecule has 1 atom stereocenters. The molecule has 0 fully saturated rings. The van der Waals surface area contributed by atoms with Crippen molar-refractivity contribution in [3.05, 3.63) is 87.1 Å². The number of carbonyl (C=O) groups is 1. The molecule has 0 N–H and O–H groups in total. The molecule has 5 rings (SSSR count). The van der Waals surface area contributed by atoms with Crippen LogP contribution < -0.4 is 0 Å². The largest absolute Gasteiger partial charge is 0.294 e. The SMILES string of the molecule is CC(C)c1ccc(C2CC(=O)c3cn4nc(SCc5ccc(Br)cc5)nc4nc3C2)cc1. The average molecular weight is 507 g/mol. The van der Waals surface area contributed by atoms with Gasteiger partial charge in [-0.3, -0.25) is 4.79 Å². The summed E-state index contributed by atoms with van der Waals surface area (Å²) in [5.74, 6) is 2.10. The lowest BCUT2D eigenvalue weighted by Gasteiger charge is -2.23. The first-order valence-corrected chi connectivity index (χ1v) is 12.5. The van der Waals surface area contributed by atoms with E-state index < -0.39 is 0 Å². The van der Waals surface area contributed by atoms with Crippen LogP contribution in [0, 0.1) is 0 Å². The first-order valence-electron chi connectivity index (χ1n) is 10.7. The summed E-state index contributed by atoms with van der Waals surface area (Å²) in [6, 6.07) is 16.9. The zero-order valence-corrected chi connectivity index (χ0v) is 20.4. The quantitative estimate of drug-likeness (QED) is 0.301. The van der Waals surface area contributed by atoms with Crippen LogP contribution in [0.1, 0.15) is 64.8 Å². The van der Waals surface area contributed by atoms with Crippen LogP contribution in [0.15, 0.2) is 64.4 Å². The zero-order valence-electron chi connectivity index (χ0n) is 18.0. The van der Waals surface area contributed by atoms with Gasteiger partial charge in [-0.2, -0.15) is 4.98 Å². The molecule has 0 saturated carbocycles. The van der Waals surface area contributed by atoms with Crippen LogP contribution in [0.4, 0.5) is 0 Å². The lowest BCUT2D eigenvalue weighted by molar-refractivity contribution is 0.0962. The van der Waals surface area contributed by atoms with Crippen molar-refractivity contribution >= 4 is 39.3 Å². The highest BCUT2D eigenvalue weighted by Crippen LogP contribution is 2.33. The molecule has 5 nitrogen and oxygen atoms in total. The van der Waals surface area contributed by atoms with Gasteiger partial charge in [0.15, 0.2) is 5.78 Å². The lowest BCUT2D eigenvalue weighted by atomic mass is 9.81. The maximum Gasteiger partial charge on any atom is 0.253 e. The summed E-state index contributed by atoms with van der Waals surface area (Å²) < 4.78 is 2.70. The van der Waals surface area contributed by atoms with Gasteiger partial charge >= 0.3 is 0 Å². The zero-order chi connectivity index (χ0) is 22.2. The highest BCUT2D eigenvalue weighted by atomic mass is 79.9. The molecular formula is C25H23BrN4OS. The third kappa shape index (κ3) is 4.36. The van der Waals surface area contributed by atoms with Crippen LogP contribution in [0.2, 0.25) is 0 Å². The Morgan fingerprint density at radius 1 is 1.06 bits per heavy atom. The minimum Gasteiger partial charge on any atom is -0.294 e. The molecule has 0 aliphatic heterocycles. The summed E-state index contributed by atoms with van der Waals surface area (Å²) in [6.45, 7) is 4.38. The van der Waals surface area contributed by atoms with Gasteiger partial charge in [0, 0.05) is 22.8 Å². The summed E-state index contributed by atoms with van der Waals surface area (Å²) in [6.07, 6.45) is 3.04. The molecule has 2 aromatic carbocycles. The van der Waals surface area contributed by atoms with Crippen molar-refractivity contribution in [2.45, 2.75) is 49.4 Å². The molecule has 2 aromatic heterocycles. The monoisotopic (exact) mass is 506 g/mol. The minimum atomic E-state index is 0.123. The Bertz CT molecular complexity index is 1280. The molecule has 0 amide bonds. The number of nitrogens with zero attached hydrogens (tertiary/aromatic N) is 4. The molecule has 32 heavy (non-hydrogen) atoms. The van der Waals surface area contributed by atoms with Gasteiger partial charge in [-0.1, -0.05) is 77.9 Å². The number of carbonyl (C=O) groups excluding carboxylic acids is 1. The van der Waals surface area contributed by atoms with Gasteiger partial charge in [0.05, 0.1) is 11.3 Å². The average Bonchev–Trinajstić information content (AvgIpc) is 3.19. The Hall–Kier alpha value is -2.51. The molecule has 0 radical (unpaired) electrons. The van der Waals surface area contributed by atoms with Crippen LogP contribution in [-0.2, 0) is 12.2 Å². The lowest BCUT2D eigenvalue weighted by Crippen LogP contribution is -2.21. The summed E-state index contributed by atoms with van der Waals surface area (Å²) in [4.78, 5) is 22.2. The van der Waals surface area contributed by atoms with Crippen LogP contribution >= 0.6 is 27.7 Å². The van der Waals surface area contributed by atoms with Crippen molar-refractivity contribution in [3.8, 4) is 0 Å². The fourth-order valence-corrected chi connectivity index (χ4v) is 5.09. The second kappa shape index (κ2) is 8.79. The van der Waals surface area contributed by atoms with E-state index in [1.54, 1.807) is 22.5 Å². The highest BCUT2D eigenvalue weighted by Gasteiger charge is 2.28. The van der Waals surface area contributed by atoms with E-state index >= 15 is 0 Å². The molecular weight excluding hydrogens is 484 g/mol. The number of halogens is 1. The number of benzene rings is 2. The predicted octanol–water partition coefficient (Wildman–Crippen LogP) is 6.22. The van der Waals surface area contributed by atoms with Gasteiger partial charge in [0.2, 0.25) is 5.16 Å².